The number of benzene rings is 2. The number of para-hydroxylation sites is 1. The first-order chi connectivity index (χ1) is 9.41. The van der Waals surface area contributed by atoms with Crippen LogP contribution < -0.4 is 15.3 Å². The maximum Gasteiger partial charge on any atom is 0.161 e. The Morgan fingerprint density at radius 1 is 1.00 bits per heavy atom. The molecular formula is C15H18OP+. The minimum atomic E-state index is -2.54. The van der Waals surface area contributed by atoms with E-state index in [9.17, 15) is 0 Å². The van der Waals surface area contributed by atoms with Gasteiger partial charge in [0.05, 0.1) is 37.0 Å². The first-order valence-corrected chi connectivity index (χ1v) is 7.70. The maximum atomic E-state index is 8.06. The van der Waals surface area contributed by atoms with Crippen LogP contribution in [0.15, 0.2) is 54.6 Å². The van der Waals surface area contributed by atoms with Gasteiger partial charge < -0.3 is 4.74 Å². The van der Waals surface area contributed by atoms with Crippen molar-refractivity contribution in [3.8, 4) is 5.75 Å². The Kier molecular flexibility index (Phi) is 2.51. The van der Waals surface area contributed by atoms with Gasteiger partial charge in [-0.25, -0.2) is 0 Å². The van der Waals surface area contributed by atoms with Gasteiger partial charge in [0.25, 0.3) is 0 Å². The molecule has 1 nitrogen and oxygen atoms in total. The van der Waals surface area contributed by atoms with Gasteiger partial charge in [-0.3, -0.25) is 0 Å². The quantitative estimate of drug-likeness (QED) is 0.759. The van der Waals surface area contributed by atoms with Gasteiger partial charge in [0.15, 0.2) is 5.75 Å². The minimum absolute atomic E-state index is 0.642. The number of ether oxygens (including phenoxy) is 1. The molecule has 0 aromatic heterocycles. The van der Waals surface area contributed by atoms with Crippen molar-refractivity contribution in [2.75, 3.05) is 20.4 Å². The zero-order valence-corrected chi connectivity index (χ0v) is 10.9. The molecule has 0 saturated carbocycles. The number of hydrogen-bond acceptors (Lipinski definition) is 1. The molecule has 0 aliphatic heterocycles. The molecule has 0 radical (unpaired) electrons. The Morgan fingerprint density at radius 3 is 2.29 bits per heavy atom. The summed E-state index contributed by atoms with van der Waals surface area (Å²) in [6, 6.07) is 16.9. The average Bonchev–Trinajstić information content (AvgIpc) is 2.46. The van der Waals surface area contributed by atoms with E-state index in [0.717, 1.165) is 10.6 Å². The highest BCUT2D eigenvalue weighted by molar-refractivity contribution is 7.88. The molecule has 1 atom stereocenters. The van der Waals surface area contributed by atoms with Gasteiger partial charge in [0.2, 0.25) is 0 Å². The van der Waals surface area contributed by atoms with Crippen LogP contribution in [-0.2, 0) is 0 Å². The molecule has 88 valence electrons. The molecule has 0 aliphatic carbocycles. The Balaban J connectivity index is 2.72. The van der Waals surface area contributed by atoms with Crippen LogP contribution >= 0.6 is 7.26 Å². The van der Waals surface area contributed by atoms with E-state index in [1.165, 1.54) is 0 Å². The minimum Gasteiger partial charge on any atom is -0.493 e. The van der Waals surface area contributed by atoms with Crippen LogP contribution in [0, 0.1) is 0 Å². The third-order valence-electron chi connectivity index (χ3n) is 2.84. The summed E-state index contributed by atoms with van der Waals surface area (Å²) < 4.78 is 29.6. The predicted octanol–water partition coefficient (Wildman–Crippen LogP) is 2.92. The Hall–Kier alpha value is -1.33. The van der Waals surface area contributed by atoms with E-state index < -0.39 is 13.9 Å². The fourth-order valence-electron chi connectivity index (χ4n) is 1.86. The highest BCUT2D eigenvalue weighted by atomic mass is 31.2. The van der Waals surface area contributed by atoms with Gasteiger partial charge in [0.1, 0.15) is 5.30 Å². The fraction of sp³-hybridized carbons (Fsp3) is 0.200. The van der Waals surface area contributed by atoms with Gasteiger partial charge in [-0.05, 0) is 24.3 Å². The van der Waals surface area contributed by atoms with Gasteiger partial charge in [-0.15, -0.1) is 0 Å². The summed E-state index contributed by atoms with van der Waals surface area (Å²) in [5, 5.41) is 1.65. The smallest absolute Gasteiger partial charge is 0.161 e. The Morgan fingerprint density at radius 2 is 1.65 bits per heavy atom. The standard InChI is InChI=1S/C15H18OP/c1-16-14-11-7-8-12-15(14)17(2,3)13-9-5-4-6-10-13/h4-12H,1-3H3/q+1/i2D3. The topological polar surface area (TPSA) is 9.23 Å². The monoisotopic (exact) mass is 248 g/mol. The lowest BCUT2D eigenvalue weighted by Gasteiger charge is -2.19. The zero-order valence-electron chi connectivity index (χ0n) is 13.1. The van der Waals surface area contributed by atoms with E-state index in [4.69, 9.17) is 8.85 Å². The molecule has 0 fully saturated rings. The molecule has 2 aromatic rings. The van der Waals surface area contributed by atoms with E-state index >= 15 is 0 Å². The van der Waals surface area contributed by atoms with Crippen LogP contribution in [0.5, 0.6) is 5.75 Å². The normalized spacial score (nSPS) is 17.4. The SMILES string of the molecule is [2H]C([2H])([2H])[P+](C)(c1ccccc1)c1ccccc1OC. The molecular weight excluding hydrogens is 227 g/mol. The summed E-state index contributed by atoms with van der Waals surface area (Å²) in [4.78, 5) is 0. The maximum absolute atomic E-state index is 8.06. The summed E-state index contributed by atoms with van der Waals surface area (Å²) in [6.45, 7) is -0.212. The third-order valence-corrected chi connectivity index (χ3v) is 5.50. The highest BCUT2D eigenvalue weighted by Gasteiger charge is 2.34. The van der Waals surface area contributed by atoms with Crippen molar-refractivity contribution in [2.24, 2.45) is 0 Å². The molecule has 0 heterocycles. The molecule has 0 aliphatic rings. The van der Waals surface area contributed by atoms with E-state index in [-0.39, 0.29) is 0 Å². The lowest BCUT2D eigenvalue weighted by atomic mass is 10.3. The van der Waals surface area contributed by atoms with Crippen molar-refractivity contribution in [2.45, 2.75) is 0 Å². The van der Waals surface area contributed by atoms with Crippen LogP contribution in [0.25, 0.3) is 0 Å². The van der Waals surface area contributed by atoms with E-state index in [0.29, 0.717) is 5.75 Å². The molecule has 0 spiro atoms. The van der Waals surface area contributed by atoms with Gasteiger partial charge in [-0.2, -0.15) is 0 Å². The van der Waals surface area contributed by atoms with Crippen LogP contribution in [0.1, 0.15) is 4.11 Å². The summed E-state index contributed by atoms with van der Waals surface area (Å²) in [7, 11) is -0.960. The second kappa shape index (κ2) is 4.89. The van der Waals surface area contributed by atoms with Crippen molar-refractivity contribution in [1.29, 1.82) is 0 Å². The van der Waals surface area contributed by atoms with E-state index in [2.05, 4.69) is 0 Å². The van der Waals surface area contributed by atoms with Crippen molar-refractivity contribution in [3.05, 3.63) is 54.6 Å². The summed E-state index contributed by atoms with van der Waals surface area (Å²) in [5.74, 6) is 0.642. The molecule has 2 aromatic carbocycles. The van der Waals surface area contributed by atoms with Crippen LogP contribution in [0.2, 0.25) is 0 Å². The third kappa shape index (κ3) is 2.35. The largest absolute Gasteiger partial charge is 0.493 e. The molecule has 0 bridgehead atoms. The van der Waals surface area contributed by atoms with Crippen molar-refractivity contribution in [1.82, 2.24) is 0 Å². The number of rotatable bonds is 3. The first kappa shape index (κ1) is 8.72. The molecule has 17 heavy (non-hydrogen) atoms. The second-order valence-electron chi connectivity index (χ2n) is 4.01. The Bertz CT molecular complexity index is 583. The molecule has 2 heteroatoms. The molecule has 0 N–H and O–H groups in total. The number of methoxy groups -OCH3 is 1. The molecule has 0 saturated heterocycles. The van der Waals surface area contributed by atoms with Gasteiger partial charge in [-0.1, -0.05) is 30.3 Å². The highest BCUT2D eigenvalue weighted by Crippen LogP contribution is 2.50. The summed E-state index contributed by atoms with van der Waals surface area (Å²) in [5.41, 5.74) is 0. The summed E-state index contributed by atoms with van der Waals surface area (Å²) in [6.07, 6.45) is 0. The number of hydrogen-bond donors (Lipinski definition) is 0. The van der Waals surface area contributed by atoms with Crippen molar-refractivity contribution in [3.63, 3.8) is 0 Å². The van der Waals surface area contributed by atoms with Crippen LogP contribution in [0.4, 0.5) is 0 Å². The van der Waals surface area contributed by atoms with Crippen molar-refractivity contribution >= 4 is 17.9 Å². The van der Waals surface area contributed by atoms with Crippen LogP contribution in [0.3, 0.4) is 0 Å². The lowest BCUT2D eigenvalue weighted by Crippen LogP contribution is -2.21. The second-order valence-corrected chi connectivity index (χ2v) is 7.02. The van der Waals surface area contributed by atoms with E-state index in [1.54, 1.807) is 7.11 Å². The molecule has 2 rings (SSSR count). The summed E-state index contributed by atoms with van der Waals surface area (Å²) >= 11 is 0. The van der Waals surface area contributed by atoms with Crippen LogP contribution in [-0.4, -0.2) is 20.4 Å². The Labute approximate surface area is 108 Å². The van der Waals surface area contributed by atoms with E-state index in [1.807, 2.05) is 61.3 Å². The fourth-order valence-corrected chi connectivity index (χ4v) is 3.90. The lowest BCUT2D eigenvalue weighted by molar-refractivity contribution is 0.418. The van der Waals surface area contributed by atoms with Crippen molar-refractivity contribution < 1.29 is 8.85 Å². The van der Waals surface area contributed by atoms with Gasteiger partial charge >= 0.3 is 0 Å². The molecule has 1 unspecified atom stereocenters. The first-order valence-electron chi connectivity index (χ1n) is 6.97. The molecule has 0 amide bonds. The average molecular weight is 248 g/mol. The predicted molar refractivity (Wildman–Crippen MR) is 77.5 cm³/mol. The van der Waals surface area contributed by atoms with Gasteiger partial charge in [0, 0.05) is 0 Å². The zero-order chi connectivity index (χ0) is 14.8.